The van der Waals surface area contributed by atoms with Crippen molar-refractivity contribution in [1.29, 1.82) is 0 Å². The number of fused-ring (bicyclic) bond motifs is 1. The zero-order valence-electron chi connectivity index (χ0n) is 12.1. The molecule has 0 bridgehead atoms. The minimum absolute atomic E-state index is 0.949. The van der Waals surface area contributed by atoms with Crippen LogP contribution in [0.4, 0.5) is 0 Å². The summed E-state index contributed by atoms with van der Waals surface area (Å²) in [5, 5.41) is 0. The molecule has 0 fully saturated rings. The van der Waals surface area contributed by atoms with Gasteiger partial charge in [-0.15, -0.1) is 0 Å². The van der Waals surface area contributed by atoms with Crippen molar-refractivity contribution in [3.63, 3.8) is 0 Å². The monoisotopic (exact) mass is 357 g/mol. The van der Waals surface area contributed by atoms with Crippen LogP contribution < -0.4 is 0 Å². The molecule has 106 valence electrons. The van der Waals surface area contributed by atoms with Crippen LogP contribution >= 0.6 is 27.7 Å². The number of allylic oxidation sites excluding steroid dienone is 2. The Labute approximate surface area is 138 Å². The lowest BCUT2D eigenvalue weighted by Crippen LogP contribution is -2.04. The minimum atomic E-state index is 0.949. The van der Waals surface area contributed by atoms with Crippen LogP contribution in [0.15, 0.2) is 73.5 Å². The average Bonchev–Trinajstić information content (AvgIpc) is 2.63. The Morgan fingerprint density at radius 1 is 1.10 bits per heavy atom. The average molecular weight is 358 g/mol. The van der Waals surface area contributed by atoms with E-state index in [1.807, 2.05) is 17.8 Å². The lowest BCUT2D eigenvalue weighted by atomic mass is 10.0. The van der Waals surface area contributed by atoms with Gasteiger partial charge in [0.2, 0.25) is 0 Å². The lowest BCUT2D eigenvalue weighted by Gasteiger charge is -2.09. The van der Waals surface area contributed by atoms with E-state index in [0.717, 1.165) is 22.2 Å². The molecule has 2 aromatic carbocycles. The Kier molecular flexibility index (Phi) is 4.32. The summed E-state index contributed by atoms with van der Waals surface area (Å²) in [6.45, 7) is 4.32. The first kappa shape index (κ1) is 14.6. The second kappa shape index (κ2) is 6.20. The molecule has 0 radical (unpaired) electrons. The van der Waals surface area contributed by atoms with Gasteiger partial charge in [-0.1, -0.05) is 64.9 Å². The maximum Gasteiger partial charge on any atom is 0.0789 e. The maximum atomic E-state index is 4.98. The number of rotatable bonds is 2. The molecule has 21 heavy (non-hydrogen) atoms. The number of aliphatic imine (C=N–C) groups is 1. The van der Waals surface area contributed by atoms with Gasteiger partial charge in [0.15, 0.2) is 0 Å². The fourth-order valence-corrected chi connectivity index (χ4v) is 3.89. The van der Waals surface area contributed by atoms with E-state index in [2.05, 4.69) is 72.2 Å². The van der Waals surface area contributed by atoms with Crippen LogP contribution in [-0.2, 0) is 0 Å². The summed E-state index contributed by atoms with van der Waals surface area (Å²) in [7, 11) is 0. The molecular weight excluding hydrogens is 342 g/mol. The van der Waals surface area contributed by atoms with E-state index in [-0.39, 0.29) is 0 Å². The Morgan fingerprint density at radius 3 is 2.67 bits per heavy atom. The molecule has 2 aromatic rings. The van der Waals surface area contributed by atoms with Crippen LogP contribution in [-0.4, -0.2) is 5.71 Å². The van der Waals surface area contributed by atoms with E-state index in [9.17, 15) is 0 Å². The standard InChI is InChI=1S/C18H16BrNS/c1-3-16-12(2)21-17-10-5-4-9-15(17)18(20-16)13-7-6-8-14(19)11-13/h4-11H,3H2,1-2H3. The Morgan fingerprint density at radius 2 is 1.90 bits per heavy atom. The zero-order chi connectivity index (χ0) is 14.8. The molecule has 0 saturated carbocycles. The van der Waals surface area contributed by atoms with Gasteiger partial charge in [-0.3, -0.25) is 4.99 Å². The SMILES string of the molecule is CCC1=C(C)Sc2ccccc2C(c2cccc(Br)c2)=N1. The van der Waals surface area contributed by atoms with Gasteiger partial charge in [0.25, 0.3) is 0 Å². The number of hydrogen-bond acceptors (Lipinski definition) is 2. The number of benzene rings is 2. The number of thioether (sulfide) groups is 1. The third-order valence-electron chi connectivity index (χ3n) is 3.49. The van der Waals surface area contributed by atoms with E-state index in [1.54, 1.807) is 0 Å². The van der Waals surface area contributed by atoms with Crippen LogP contribution in [0, 0.1) is 0 Å². The number of nitrogens with zero attached hydrogens (tertiary/aromatic N) is 1. The Hall–Kier alpha value is -1.32. The van der Waals surface area contributed by atoms with Crippen molar-refractivity contribution >= 4 is 33.4 Å². The second-order valence-electron chi connectivity index (χ2n) is 4.93. The van der Waals surface area contributed by atoms with Gasteiger partial charge in [-0.05, 0) is 31.5 Å². The van der Waals surface area contributed by atoms with Crippen molar-refractivity contribution in [2.24, 2.45) is 4.99 Å². The largest absolute Gasteiger partial charge is 0.251 e. The quantitative estimate of drug-likeness (QED) is 0.638. The smallest absolute Gasteiger partial charge is 0.0789 e. The second-order valence-corrected chi connectivity index (χ2v) is 7.10. The summed E-state index contributed by atoms with van der Waals surface area (Å²) in [4.78, 5) is 7.54. The predicted molar refractivity (Wildman–Crippen MR) is 95.1 cm³/mol. The van der Waals surface area contributed by atoms with Crippen molar-refractivity contribution in [3.8, 4) is 0 Å². The maximum absolute atomic E-state index is 4.98. The van der Waals surface area contributed by atoms with E-state index >= 15 is 0 Å². The molecule has 1 nitrogen and oxygen atoms in total. The highest BCUT2D eigenvalue weighted by atomic mass is 79.9. The Bertz CT molecular complexity index is 746. The van der Waals surface area contributed by atoms with Gasteiger partial charge < -0.3 is 0 Å². The van der Waals surface area contributed by atoms with E-state index in [4.69, 9.17) is 4.99 Å². The van der Waals surface area contributed by atoms with Crippen molar-refractivity contribution in [2.45, 2.75) is 25.2 Å². The third-order valence-corrected chi connectivity index (χ3v) is 5.10. The Balaban J connectivity index is 2.24. The highest BCUT2D eigenvalue weighted by Crippen LogP contribution is 2.37. The first-order valence-electron chi connectivity index (χ1n) is 7.00. The van der Waals surface area contributed by atoms with Crippen molar-refractivity contribution in [1.82, 2.24) is 0 Å². The summed E-state index contributed by atoms with van der Waals surface area (Å²) in [5.41, 5.74) is 4.60. The van der Waals surface area contributed by atoms with Crippen LogP contribution in [0.3, 0.4) is 0 Å². The molecule has 0 saturated heterocycles. The van der Waals surface area contributed by atoms with E-state index in [1.165, 1.54) is 21.1 Å². The summed E-state index contributed by atoms with van der Waals surface area (Å²) in [6.07, 6.45) is 0.949. The number of halogens is 1. The van der Waals surface area contributed by atoms with Crippen LogP contribution in [0.2, 0.25) is 0 Å². The van der Waals surface area contributed by atoms with Gasteiger partial charge in [0.1, 0.15) is 0 Å². The van der Waals surface area contributed by atoms with Crippen molar-refractivity contribution in [2.75, 3.05) is 0 Å². The van der Waals surface area contributed by atoms with E-state index in [0.29, 0.717) is 0 Å². The highest BCUT2D eigenvalue weighted by Gasteiger charge is 2.17. The fourth-order valence-electron chi connectivity index (χ4n) is 2.43. The molecule has 0 atom stereocenters. The van der Waals surface area contributed by atoms with Crippen LogP contribution in [0.5, 0.6) is 0 Å². The van der Waals surface area contributed by atoms with Gasteiger partial charge >= 0.3 is 0 Å². The van der Waals surface area contributed by atoms with Gasteiger partial charge in [0, 0.05) is 25.4 Å². The van der Waals surface area contributed by atoms with Crippen molar-refractivity contribution < 1.29 is 0 Å². The van der Waals surface area contributed by atoms with Gasteiger partial charge in [0.05, 0.1) is 11.4 Å². The molecule has 3 rings (SSSR count). The molecule has 0 N–H and O–H groups in total. The first-order valence-corrected chi connectivity index (χ1v) is 8.61. The third kappa shape index (κ3) is 2.99. The fraction of sp³-hybridized carbons (Fsp3) is 0.167. The van der Waals surface area contributed by atoms with Crippen LogP contribution in [0.1, 0.15) is 31.4 Å². The molecule has 0 amide bonds. The molecule has 0 spiro atoms. The molecule has 0 aliphatic carbocycles. The first-order chi connectivity index (χ1) is 10.2. The number of hydrogen-bond donors (Lipinski definition) is 0. The molecule has 1 aliphatic rings. The van der Waals surface area contributed by atoms with Crippen LogP contribution in [0.25, 0.3) is 0 Å². The highest BCUT2D eigenvalue weighted by molar-refractivity contribution is 9.10. The summed E-state index contributed by atoms with van der Waals surface area (Å²) in [5.74, 6) is 0. The molecule has 1 heterocycles. The molecule has 0 unspecified atom stereocenters. The topological polar surface area (TPSA) is 12.4 Å². The zero-order valence-corrected chi connectivity index (χ0v) is 14.5. The molecule has 1 aliphatic heterocycles. The van der Waals surface area contributed by atoms with Gasteiger partial charge in [-0.2, -0.15) is 0 Å². The summed E-state index contributed by atoms with van der Waals surface area (Å²) >= 11 is 5.38. The predicted octanol–water partition coefficient (Wildman–Crippen LogP) is 6.03. The summed E-state index contributed by atoms with van der Waals surface area (Å²) < 4.78 is 1.08. The molecule has 0 aromatic heterocycles. The minimum Gasteiger partial charge on any atom is -0.251 e. The van der Waals surface area contributed by atoms with E-state index < -0.39 is 0 Å². The molecular formula is C18H16BrNS. The molecule has 3 heteroatoms. The normalized spacial score (nSPS) is 14.5. The van der Waals surface area contributed by atoms with Gasteiger partial charge in [-0.25, -0.2) is 0 Å². The lowest BCUT2D eigenvalue weighted by molar-refractivity contribution is 1.05. The van der Waals surface area contributed by atoms with Crippen molar-refractivity contribution in [3.05, 3.63) is 74.7 Å². The summed E-state index contributed by atoms with van der Waals surface area (Å²) in [6, 6.07) is 16.9.